The van der Waals surface area contributed by atoms with E-state index >= 15 is 0 Å². The van der Waals surface area contributed by atoms with Crippen LogP contribution in [0.25, 0.3) is 0 Å². The summed E-state index contributed by atoms with van der Waals surface area (Å²) in [6.07, 6.45) is 0. The van der Waals surface area contributed by atoms with Crippen molar-refractivity contribution in [1.82, 2.24) is 0 Å². The molecular weight excluding hydrogens is 334 g/mol. The third-order valence-electron chi connectivity index (χ3n) is 3.17. The van der Waals surface area contributed by atoms with Crippen LogP contribution in [-0.2, 0) is 5.33 Å². The largest absolute Gasteiger partial charge is 0.486 e. The molecule has 108 valence electrons. The maximum atomic E-state index is 12.2. The SMILES string of the molecule is O=C(Nc1ccc2c(c1)OCCO2)c1ccc(CBr)cc1. The first-order valence-electron chi connectivity index (χ1n) is 6.62. The van der Waals surface area contributed by atoms with E-state index in [2.05, 4.69) is 21.2 Å². The van der Waals surface area contributed by atoms with Gasteiger partial charge in [-0.2, -0.15) is 0 Å². The Morgan fingerprint density at radius 1 is 1.05 bits per heavy atom. The van der Waals surface area contributed by atoms with Gasteiger partial charge in [-0.3, -0.25) is 4.79 Å². The van der Waals surface area contributed by atoms with Crippen molar-refractivity contribution >= 4 is 27.5 Å². The van der Waals surface area contributed by atoms with Gasteiger partial charge in [0, 0.05) is 22.6 Å². The van der Waals surface area contributed by atoms with E-state index in [9.17, 15) is 4.79 Å². The van der Waals surface area contributed by atoms with Crippen LogP contribution in [0.1, 0.15) is 15.9 Å². The smallest absolute Gasteiger partial charge is 0.255 e. The zero-order valence-corrected chi connectivity index (χ0v) is 12.9. The highest BCUT2D eigenvalue weighted by Gasteiger charge is 2.13. The molecule has 0 aromatic heterocycles. The second kappa shape index (κ2) is 6.18. The fourth-order valence-corrected chi connectivity index (χ4v) is 2.44. The van der Waals surface area contributed by atoms with Gasteiger partial charge in [-0.1, -0.05) is 28.1 Å². The fourth-order valence-electron chi connectivity index (χ4n) is 2.07. The highest BCUT2D eigenvalue weighted by atomic mass is 79.9. The molecule has 1 N–H and O–H groups in total. The first kappa shape index (κ1) is 13.9. The summed E-state index contributed by atoms with van der Waals surface area (Å²) in [7, 11) is 0. The van der Waals surface area contributed by atoms with Crippen LogP contribution in [0.5, 0.6) is 11.5 Å². The van der Waals surface area contributed by atoms with E-state index < -0.39 is 0 Å². The average molecular weight is 348 g/mol. The molecule has 3 rings (SSSR count). The lowest BCUT2D eigenvalue weighted by Crippen LogP contribution is -2.16. The molecule has 0 saturated carbocycles. The van der Waals surface area contributed by atoms with Crippen LogP contribution in [-0.4, -0.2) is 19.1 Å². The van der Waals surface area contributed by atoms with Crippen LogP contribution in [0.15, 0.2) is 42.5 Å². The minimum Gasteiger partial charge on any atom is -0.486 e. The van der Waals surface area contributed by atoms with Crippen LogP contribution >= 0.6 is 15.9 Å². The molecule has 0 unspecified atom stereocenters. The van der Waals surface area contributed by atoms with E-state index in [1.165, 1.54) is 0 Å². The molecule has 2 aromatic carbocycles. The van der Waals surface area contributed by atoms with E-state index in [1.54, 1.807) is 18.2 Å². The minimum atomic E-state index is -0.146. The number of fused-ring (bicyclic) bond motifs is 1. The van der Waals surface area contributed by atoms with E-state index in [0.717, 1.165) is 10.9 Å². The van der Waals surface area contributed by atoms with Gasteiger partial charge in [-0.05, 0) is 29.8 Å². The number of benzene rings is 2. The van der Waals surface area contributed by atoms with Gasteiger partial charge in [-0.15, -0.1) is 0 Å². The van der Waals surface area contributed by atoms with Crippen molar-refractivity contribution in [1.29, 1.82) is 0 Å². The molecule has 1 heterocycles. The van der Waals surface area contributed by atoms with Gasteiger partial charge >= 0.3 is 0 Å². The predicted molar refractivity (Wildman–Crippen MR) is 84.5 cm³/mol. The molecule has 1 amide bonds. The van der Waals surface area contributed by atoms with Crippen molar-refractivity contribution < 1.29 is 14.3 Å². The Morgan fingerprint density at radius 2 is 1.76 bits per heavy atom. The summed E-state index contributed by atoms with van der Waals surface area (Å²) in [4.78, 5) is 12.2. The van der Waals surface area contributed by atoms with Crippen molar-refractivity contribution in [3.05, 3.63) is 53.6 Å². The molecule has 1 aliphatic rings. The quantitative estimate of drug-likeness (QED) is 0.862. The molecule has 2 aromatic rings. The molecule has 0 radical (unpaired) electrons. The van der Waals surface area contributed by atoms with E-state index in [-0.39, 0.29) is 5.91 Å². The number of carbonyl (C=O) groups excluding carboxylic acids is 1. The summed E-state index contributed by atoms with van der Waals surface area (Å²) in [6.45, 7) is 1.08. The number of ether oxygens (including phenoxy) is 2. The fraction of sp³-hybridized carbons (Fsp3) is 0.188. The lowest BCUT2D eigenvalue weighted by atomic mass is 10.1. The van der Waals surface area contributed by atoms with Gasteiger partial charge < -0.3 is 14.8 Å². The zero-order valence-electron chi connectivity index (χ0n) is 11.3. The summed E-state index contributed by atoms with van der Waals surface area (Å²) in [5.41, 5.74) is 2.44. The standard InChI is InChI=1S/C16H14BrNO3/c17-10-11-1-3-12(4-2-11)16(19)18-13-5-6-14-15(9-13)21-8-7-20-14/h1-6,9H,7-8,10H2,(H,18,19). The lowest BCUT2D eigenvalue weighted by Gasteiger charge is -2.19. The number of amides is 1. The highest BCUT2D eigenvalue weighted by molar-refractivity contribution is 9.08. The Balaban J connectivity index is 1.74. The van der Waals surface area contributed by atoms with Gasteiger partial charge in [0.2, 0.25) is 0 Å². The number of carbonyl (C=O) groups is 1. The molecule has 0 atom stereocenters. The Hall–Kier alpha value is -2.01. The molecule has 5 heteroatoms. The van der Waals surface area contributed by atoms with E-state index in [4.69, 9.17) is 9.47 Å². The molecule has 21 heavy (non-hydrogen) atoms. The maximum Gasteiger partial charge on any atom is 0.255 e. The number of hydrogen-bond donors (Lipinski definition) is 1. The number of rotatable bonds is 3. The first-order valence-corrected chi connectivity index (χ1v) is 7.74. The summed E-state index contributed by atoms with van der Waals surface area (Å²) in [5.74, 6) is 1.22. The number of hydrogen-bond acceptors (Lipinski definition) is 3. The topological polar surface area (TPSA) is 47.6 Å². The van der Waals surface area contributed by atoms with Gasteiger partial charge in [0.15, 0.2) is 11.5 Å². The third kappa shape index (κ3) is 3.19. The number of halogens is 1. The van der Waals surface area contributed by atoms with Gasteiger partial charge in [0.1, 0.15) is 13.2 Å². The summed E-state index contributed by atoms with van der Waals surface area (Å²) >= 11 is 3.38. The molecule has 1 aliphatic heterocycles. The highest BCUT2D eigenvalue weighted by Crippen LogP contribution is 2.32. The van der Waals surface area contributed by atoms with Crippen LogP contribution < -0.4 is 14.8 Å². The van der Waals surface area contributed by atoms with E-state index in [0.29, 0.717) is 36.0 Å². The van der Waals surface area contributed by atoms with Crippen molar-refractivity contribution in [3.8, 4) is 11.5 Å². The summed E-state index contributed by atoms with van der Waals surface area (Å²) < 4.78 is 11.0. The lowest BCUT2D eigenvalue weighted by molar-refractivity contribution is 0.102. The Morgan fingerprint density at radius 3 is 2.48 bits per heavy atom. The second-order valence-corrected chi connectivity index (χ2v) is 5.20. The van der Waals surface area contributed by atoms with Crippen molar-refractivity contribution in [3.63, 3.8) is 0 Å². The van der Waals surface area contributed by atoms with Gasteiger partial charge in [0.25, 0.3) is 5.91 Å². The minimum absolute atomic E-state index is 0.146. The summed E-state index contributed by atoms with van der Waals surface area (Å²) in [6, 6.07) is 12.9. The predicted octanol–water partition coefficient (Wildman–Crippen LogP) is 3.61. The average Bonchev–Trinajstić information content (AvgIpc) is 2.55. The zero-order chi connectivity index (χ0) is 14.7. The van der Waals surface area contributed by atoms with Crippen LogP contribution in [0.3, 0.4) is 0 Å². The molecule has 0 bridgehead atoms. The molecule has 0 aliphatic carbocycles. The molecular formula is C16H14BrNO3. The Kier molecular flexibility index (Phi) is 4.10. The normalized spacial score (nSPS) is 12.8. The molecule has 4 nitrogen and oxygen atoms in total. The third-order valence-corrected chi connectivity index (χ3v) is 3.82. The van der Waals surface area contributed by atoms with Crippen molar-refractivity contribution in [2.45, 2.75) is 5.33 Å². The molecule has 0 spiro atoms. The van der Waals surface area contributed by atoms with Gasteiger partial charge in [-0.25, -0.2) is 0 Å². The Bertz CT molecular complexity index is 655. The molecule has 0 fully saturated rings. The monoisotopic (exact) mass is 347 g/mol. The number of alkyl halides is 1. The molecule has 0 saturated heterocycles. The number of nitrogens with one attached hydrogen (secondary N) is 1. The summed E-state index contributed by atoms with van der Waals surface area (Å²) in [5, 5.41) is 3.63. The Labute approximate surface area is 131 Å². The van der Waals surface area contributed by atoms with Crippen LogP contribution in [0.4, 0.5) is 5.69 Å². The maximum absolute atomic E-state index is 12.2. The van der Waals surface area contributed by atoms with Crippen LogP contribution in [0.2, 0.25) is 0 Å². The van der Waals surface area contributed by atoms with Crippen molar-refractivity contribution in [2.24, 2.45) is 0 Å². The van der Waals surface area contributed by atoms with E-state index in [1.807, 2.05) is 24.3 Å². The van der Waals surface area contributed by atoms with Crippen LogP contribution in [0, 0.1) is 0 Å². The first-order chi connectivity index (χ1) is 10.3. The van der Waals surface area contributed by atoms with Gasteiger partial charge in [0.05, 0.1) is 0 Å². The number of anilines is 1. The van der Waals surface area contributed by atoms with Crippen molar-refractivity contribution in [2.75, 3.05) is 18.5 Å². The second-order valence-electron chi connectivity index (χ2n) is 4.64.